The Kier molecular flexibility index (Phi) is 9.57. The lowest BCUT2D eigenvalue weighted by Crippen LogP contribution is -2.48. The summed E-state index contributed by atoms with van der Waals surface area (Å²) in [6.45, 7) is 0.387. The van der Waals surface area contributed by atoms with Crippen LogP contribution < -0.4 is 0 Å². The van der Waals surface area contributed by atoms with Gasteiger partial charge in [-0.25, -0.2) is 13.8 Å². The number of β-amino-alcohol motifs (C(OH)–C–C–N with tert-alkyl or cyclic N) is 1. The Morgan fingerprint density at radius 1 is 0.740 bits per heavy atom. The Hall–Kier alpha value is -4.62. The lowest BCUT2D eigenvalue weighted by atomic mass is 9.82. The number of halogens is 8. The highest BCUT2D eigenvalue weighted by molar-refractivity contribution is 6.16. The van der Waals surface area contributed by atoms with Crippen molar-refractivity contribution in [3.05, 3.63) is 142 Å². The smallest absolute Gasteiger partial charge is 0.390 e. The average molecular weight is 702 g/mol. The van der Waals surface area contributed by atoms with Crippen LogP contribution in [0.25, 0.3) is 0 Å². The minimum atomic E-state index is -4.94. The summed E-state index contributed by atoms with van der Waals surface area (Å²) >= 11 is 0. The maximum Gasteiger partial charge on any atom is 0.416 e. The summed E-state index contributed by atoms with van der Waals surface area (Å²) < 4.78 is 109. The molecule has 1 unspecified atom stereocenters. The van der Waals surface area contributed by atoms with Crippen LogP contribution in [-0.2, 0) is 22.7 Å². The number of carbonyl (C=O) groups excluding carboxylic acids is 1. The van der Waals surface area contributed by atoms with Crippen molar-refractivity contribution in [2.45, 2.75) is 42.8 Å². The monoisotopic (exact) mass is 701 g/mol. The molecule has 50 heavy (non-hydrogen) atoms. The summed E-state index contributed by atoms with van der Waals surface area (Å²) in [5, 5.41) is 11.3. The molecule has 0 aliphatic carbocycles. The third kappa shape index (κ3) is 7.15. The first kappa shape index (κ1) is 35.2. The number of amidine groups is 1. The summed E-state index contributed by atoms with van der Waals surface area (Å²) in [5.74, 6) is -1.96. The molecule has 5 nitrogen and oxygen atoms in total. The number of piperidine rings is 1. The summed E-state index contributed by atoms with van der Waals surface area (Å²) in [4.78, 5) is 22.6. The van der Waals surface area contributed by atoms with E-state index < -0.39 is 58.6 Å². The molecule has 0 bridgehead atoms. The van der Waals surface area contributed by atoms with Crippen molar-refractivity contribution in [1.29, 1.82) is 0 Å². The zero-order valence-electron chi connectivity index (χ0n) is 26.4. The van der Waals surface area contributed by atoms with E-state index in [9.17, 15) is 45.0 Å². The van der Waals surface area contributed by atoms with Gasteiger partial charge in [-0.1, -0.05) is 54.6 Å². The van der Waals surface area contributed by atoms with E-state index in [1.165, 1.54) is 53.4 Å². The van der Waals surface area contributed by atoms with Crippen LogP contribution in [0.3, 0.4) is 0 Å². The Labute approximate surface area is 282 Å². The maximum absolute atomic E-state index is 14.5. The minimum Gasteiger partial charge on any atom is -0.390 e. The molecule has 1 amide bonds. The van der Waals surface area contributed by atoms with Crippen LogP contribution in [0.5, 0.6) is 0 Å². The molecule has 1 N–H and O–H groups in total. The van der Waals surface area contributed by atoms with Crippen molar-refractivity contribution in [2.75, 3.05) is 26.2 Å². The average Bonchev–Trinajstić information content (AvgIpc) is 3.37. The Balaban J connectivity index is 1.23. The first-order valence-corrected chi connectivity index (χ1v) is 15.8. The van der Waals surface area contributed by atoms with Crippen LogP contribution in [-0.4, -0.2) is 58.9 Å². The number of carbonyl (C=O) groups is 1. The fourth-order valence-corrected chi connectivity index (χ4v) is 6.69. The van der Waals surface area contributed by atoms with Gasteiger partial charge in [0.05, 0.1) is 23.8 Å². The molecule has 2 heterocycles. The number of nitrogens with zero attached hydrogens (tertiary/aromatic N) is 3. The van der Waals surface area contributed by atoms with Crippen molar-refractivity contribution in [1.82, 2.24) is 9.80 Å². The van der Waals surface area contributed by atoms with E-state index >= 15 is 0 Å². The van der Waals surface area contributed by atoms with Crippen LogP contribution >= 0.6 is 0 Å². The Morgan fingerprint density at radius 2 is 1.24 bits per heavy atom. The fraction of sp³-hybridized carbons (Fsp3) is 0.297. The zero-order chi connectivity index (χ0) is 35.8. The van der Waals surface area contributed by atoms with Crippen LogP contribution in [0.4, 0.5) is 35.1 Å². The highest BCUT2D eigenvalue weighted by atomic mass is 19.4. The summed E-state index contributed by atoms with van der Waals surface area (Å²) in [5.41, 5.74) is -3.29. The molecule has 4 aromatic rings. The van der Waals surface area contributed by atoms with E-state index in [1.807, 2.05) is 4.90 Å². The molecule has 4 aromatic carbocycles. The van der Waals surface area contributed by atoms with E-state index in [4.69, 9.17) is 4.99 Å². The van der Waals surface area contributed by atoms with Gasteiger partial charge in [-0.2, -0.15) is 26.3 Å². The predicted molar refractivity (Wildman–Crippen MR) is 169 cm³/mol. The van der Waals surface area contributed by atoms with Gasteiger partial charge in [0.1, 0.15) is 17.5 Å². The number of aliphatic imine (C=N–C) groups is 1. The van der Waals surface area contributed by atoms with E-state index in [-0.39, 0.29) is 56.5 Å². The number of alkyl halides is 6. The van der Waals surface area contributed by atoms with Gasteiger partial charge < -0.3 is 10.0 Å². The molecule has 1 atom stereocenters. The van der Waals surface area contributed by atoms with Gasteiger partial charge in [-0.05, 0) is 91.0 Å². The Morgan fingerprint density at radius 3 is 1.72 bits per heavy atom. The number of aliphatic hydroxyl groups is 1. The molecule has 2 aliphatic heterocycles. The lowest BCUT2D eigenvalue weighted by molar-refractivity contribution is -0.143. The van der Waals surface area contributed by atoms with Crippen molar-refractivity contribution in [2.24, 2.45) is 4.99 Å². The molecule has 0 spiro atoms. The van der Waals surface area contributed by atoms with Crippen LogP contribution in [0.1, 0.15) is 52.1 Å². The van der Waals surface area contributed by atoms with Gasteiger partial charge in [-0.15, -0.1) is 0 Å². The summed E-state index contributed by atoms with van der Waals surface area (Å²) in [6.07, 6.45) is -10.5. The van der Waals surface area contributed by atoms with Gasteiger partial charge in [-0.3, -0.25) is 9.69 Å². The van der Waals surface area contributed by atoms with Crippen LogP contribution in [0, 0.1) is 11.6 Å². The first-order valence-electron chi connectivity index (χ1n) is 15.8. The van der Waals surface area contributed by atoms with Crippen LogP contribution in [0.15, 0.2) is 102 Å². The van der Waals surface area contributed by atoms with E-state index in [0.29, 0.717) is 16.7 Å². The summed E-state index contributed by atoms with van der Waals surface area (Å²) in [6, 6.07) is 20.9. The highest BCUT2D eigenvalue weighted by Crippen LogP contribution is 2.42. The lowest BCUT2D eigenvalue weighted by Gasteiger charge is -2.35. The second kappa shape index (κ2) is 13.6. The third-order valence-corrected chi connectivity index (χ3v) is 9.17. The molecule has 13 heteroatoms. The van der Waals surface area contributed by atoms with Crippen LogP contribution in [0.2, 0.25) is 0 Å². The quantitative estimate of drug-likeness (QED) is 0.191. The molecule has 2 aliphatic rings. The van der Waals surface area contributed by atoms with E-state index in [2.05, 4.69) is 0 Å². The SMILES string of the molecule is O=C1N(CC(O)CN2CCC(c3cc(C(F)(F)F)cc(C(F)(F)F)c3)CC2)C(c2ccccc2)=NC1(c1ccc(F)cc1)c1ccc(F)cc1. The molecule has 6 rings (SSSR count). The van der Waals surface area contributed by atoms with Crippen molar-refractivity contribution >= 4 is 11.7 Å². The number of amides is 1. The second-order valence-corrected chi connectivity index (χ2v) is 12.5. The minimum absolute atomic E-state index is 0.0448. The van der Waals surface area contributed by atoms with Crippen molar-refractivity contribution in [3.8, 4) is 0 Å². The fourth-order valence-electron chi connectivity index (χ4n) is 6.69. The number of benzene rings is 4. The standard InChI is InChI=1S/C37H31F8N3O2/c38-30-10-6-26(7-11-30)35(27-8-12-31(39)13-9-27)34(50)48(33(46-35)24-4-2-1-3-5-24)22-32(49)21-47-16-14-23(15-17-47)25-18-28(36(40,41)42)20-29(19-25)37(43,44)45/h1-13,18-20,23,32,49H,14-17,21-22H2. The van der Waals surface area contributed by atoms with Gasteiger partial charge in [0.25, 0.3) is 5.91 Å². The number of rotatable bonds is 8. The molecule has 0 radical (unpaired) electrons. The molecular formula is C37H31F8N3O2. The van der Waals surface area contributed by atoms with Gasteiger partial charge >= 0.3 is 12.4 Å². The topological polar surface area (TPSA) is 56.1 Å². The molecule has 0 aromatic heterocycles. The Bertz CT molecular complexity index is 1770. The largest absolute Gasteiger partial charge is 0.416 e. The first-order chi connectivity index (χ1) is 23.6. The molecule has 262 valence electrons. The highest BCUT2D eigenvalue weighted by Gasteiger charge is 2.51. The molecule has 0 saturated carbocycles. The van der Waals surface area contributed by atoms with Crippen molar-refractivity contribution in [3.63, 3.8) is 0 Å². The summed E-state index contributed by atoms with van der Waals surface area (Å²) in [7, 11) is 0. The van der Waals surface area contributed by atoms with Gasteiger partial charge in [0, 0.05) is 12.1 Å². The molecule has 1 fully saturated rings. The third-order valence-electron chi connectivity index (χ3n) is 9.17. The van der Waals surface area contributed by atoms with Gasteiger partial charge in [0.15, 0.2) is 5.54 Å². The number of hydrogen-bond acceptors (Lipinski definition) is 4. The normalized spacial score (nSPS) is 18.0. The predicted octanol–water partition coefficient (Wildman–Crippen LogP) is 7.78. The number of aliphatic hydroxyl groups excluding tert-OH is 1. The second-order valence-electron chi connectivity index (χ2n) is 12.5. The van der Waals surface area contributed by atoms with E-state index in [1.54, 1.807) is 30.3 Å². The van der Waals surface area contributed by atoms with E-state index in [0.717, 1.165) is 12.1 Å². The molecular weight excluding hydrogens is 670 g/mol. The molecule has 1 saturated heterocycles. The number of likely N-dealkylation sites (tertiary alicyclic amines) is 1. The zero-order valence-corrected chi connectivity index (χ0v) is 26.4. The van der Waals surface area contributed by atoms with Crippen molar-refractivity contribution < 1.29 is 45.0 Å². The van der Waals surface area contributed by atoms with Gasteiger partial charge in [0.2, 0.25) is 0 Å². The number of hydrogen-bond donors (Lipinski definition) is 1. The maximum atomic E-state index is 14.5.